The first-order valence-electron chi connectivity index (χ1n) is 15.6. The van der Waals surface area contributed by atoms with Crippen LogP contribution in [0.4, 0.5) is 0 Å². The van der Waals surface area contributed by atoms with Crippen LogP contribution in [-0.4, -0.2) is 109 Å². The summed E-state index contributed by atoms with van der Waals surface area (Å²) < 4.78 is 51.0. The lowest BCUT2D eigenvalue weighted by Crippen LogP contribution is -2.66. The predicted molar refractivity (Wildman–Crippen MR) is 165 cm³/mol. The third-order valence-corrected chi connectivity index (χ3v) is 7.49. The predicted octanol–water partition coefficient (Wildman–Crippen LogP) is 1.64. The summed E-state index contributed by atoms with van der Waals surface area (Å²) in [5.74, 6) is -5.07. The molecule has 2 aromatic rings. The van der Waals surface area contributed by atoms with Gasteiger partial charge >= 0.3 is 35.8 Å². The molecule has 0 aromatic heterocycles. The SMILES string of the molecule is CC(=O)OC[C@H]1O[C@@H](O[C@H]2[C@@H](OC(=O)c3ccccc3)[C@H](OC(=O)c3ccccc3)[C@@H](O)O[C@H]2C)[C@H](OC(C)=O)[C@@H](OC(C)=O)[C@H]1OC(C)=O. The highest BCUT2D eigenvalue weighted by molar-refractivity contribution is 5.90. The van der Waals surface area contributed by atoms with Gasteiger partial charge < -0.3 is 47.7 Å². The minimum atomic E-state index is -1.82. The van der Waals surface area contributed by atoms with Crippen LogP contribution in [0.5, 0.6) is 0 Å². The molecule has 4 rings (SSSR count). The first kappa shape index (κ1) is 37.9. The van der Waals surface area contributed by atoms with E-state index in [2.05, 4.69) is 0 Å². The van der Waals surface area contributed by atoms with Crippen LogP contribution in [0.2, 0.25) is 0 Å². The summed E-state index contributed by atoms with van der Waals surface area (Å²) in [6.07, 6.45) is -15.4. The molecule has 10 atom stereocenters. The highest BCUT2D eigenvalue weighted by atomic mass is 16.8. The third kappa shape index (κ3) is 9.84. The Morgan fingerprint density at radius 1 is 0.580 bits per heavy atom. The summed E-state index contributed by atoms with van der Waals surface area (Å²) in [4.78, 5) is 75.1. The number of rotatable bonds is 11. The smallest absolute Gasteiger partial charge is 0.338 e. The van der Waals surface area contributed by atoms with Crippen molar-refractivity contribution in [2.45, 2.75) is 96.0 Å². The highest BCUT2D eigenvalue weighted by Gasteiger charge is 2.56. The lowest BCUT2D eigenvalue weighted by Gasteiger charge is -2.47. The molecule has 0 aliphatic carbocycles. The molecule has 0 unspecified atom stereocenters. The van der Waals surface area contributed by atoms with Crippen molar-refractivity contribution in [3.8, 4) is 0 Å². The molecule has 0 spiro atoms. The van der Waals surface area contributed by atoms with E-state index < -0.39 is 104 Å². The van der Waals surface area contributed by atoms with Gasteiger partial charge in [-0.25, -0.2) is 9.59 Å². The molecule has 16 nitrogen and oxygen atoms in total. The standard InChI is InChI=1S/C34H38O16/c1-17-25(50-34-30(46-21(5)38)28(45-20(4)37)26(44-19(3)36)24(47-34)16-42-18(2)35)27(48-31(39)22-12-8-6-9-13-22)29(33(41)43-17)49-32(40)23-14-10-7-11-15-23/h6-15,17,24-30,33-34,41H,16H2,1-5H3/t17-,24+,25+,26-,27+,28-,29-,30+,33-,34-/m0/s1. The van der Waals surface area contributed by atoms with Gasteiger partial charge in [0.25, 0.3) is 0 Å². The van der Waals surface area contributed by atoms with Crippen LogP contribution in [0.15, 0.2) is 60.7 Å². The first-order chi connectivity index (χ1) is 23.7. The van der Waals surface area contributed by atoms with Gasteiger partial charge in [-0.2, -0.15) is 0 Å². The normalized spacial score (nSPS) is 29.1. The molecule has 270 valence electrons. The Hall–Kier alpha value is -4.90. The van der Waals surface area contributed by atoms with Gasteiger partial charge in [0, 0.05) is 27.7 Å². The minimum Gasteiger partial charge on any atom is -0.463 e. The number of carbonyl (C=O) groups is 6. The van der Waals surface area contributed by atoms with Gasteiger partial charge in [-0.15, -0.1) is 0 Å². The average Bonchev–Trinajstić information content (AvgIpc) is 3.06. The summed E-state index contributed by atoms with van der Waals surface area (Å²) in [5.41, 5.74) is 0.226. The monoisotopic (exact) mass is 702 g/mol. The van der Waals surface area contributed by atoms with Gasteiger partial charge in [0.2, 0.25) is 0 Å². The molecule has 2 fully saturated rings. The highest BCUT2D eigenvalue weighted by Crippen LogP contribution is 2.35. The second kappa shape index (κ2) is 17.2. The van der Waals surface area contributed by atoms with Crippen molar-refractivity contribution < 1.29 is 76.5 Å². The van der Waals surface area contributed by atoms with Crippen molar-refractivity contribution in [1.82, 2.24) is 0 Å². The summed E-state index contributed by atoms with van der Waals surface area (Å²) >= 11 is 0. The second-order valence-corrected chi connectivity index (χ2v) is 11.4. The van der Waals surface area contributed by atoms with Crippen molar-refractivity contribution in [2.75, 3.05) is 6.61 Å². The third-order valence-electron chi connectivity index (χ3n) is 7.49. The number of ether oxygens (including phenoxy) is 9. The molecule has 2 aromatic carbocycles. The molecule has 2 aliphatic heterocycles. The Labute approximate surface area is 286 Å². The van der Waals surface area contributed by atoms with E-state index in [4.69, 9.17) is 42.6 Å². The molecule has 16 heteroatoms. The summed E-state index contributed by atoms with van der Waals surface area (Å²) in [5, 5.41) is 11.0. The van der Waals surface area contributed by atoms with Crippen molar-refractivity contribution in [3.05, 3.63) is 71.8 Å². The fourth-order valence-electron chi connectivity index (χ4n) is 5.42. The molecular formula is C34H38O16. The number of carbonyl (C=O) groups excluding carboxylic acids is 6. The van der Waals surface area contributed by atoms with Crippen LogP contribution in [0.1, 0.15) is 55.3 Å². The lowest BCUT2D eigenvalue weighted by molar-refractivity contribution is -0.351. The number of hydrogen-bond donors (Lipinski definition) is 1. The van der Waals surface area contributed by atoms with E-state index in [9.17, 15) is 33.9 Å². The minimum absolute atomic E-state index is 0.111. The van der Waals surface area contributed by atoms with Crippen molar-refractivity contribution in [1.29, 1.82) is 0 Å². The van der Waals surface area contributed by atoms with Gasteiger partial charge in [-0.05, 0) is 31.2 Å². The molecule has 2 heterocycles. The largest absolute Gasteiger partial charge is 0.463 e. The van der Waals surface area contributed by atoms with Gasteiger partial charge in [0.1, 0.15) is 18.8 Å². The van der Waals surface area contributed by atoms with E-state index in [1.807, 2.05) is 0 Å². The van der Waals surface area contributed by atoms with Crippen LogP contribution >= 0.6 is 0 Å². The van der Waals surface area contributed by atoms with Crippen LogP contribution in [0.3, 0.4) is 0 Å². The molecule has 50 heavy (non-hydrogen) atoms. The average molecular weight is 703 g/mol. The zero-order valence-electron chi connectivity index (χ0n) is 27.8. The summed E-state index contributed by atoms with van der Waals surface area (Å²) in [6.45, 7) is 5.24. The van der Waals surface area contributed by atoms with E-state index in [0.29, 0.717) is 0 Å². The first-order valence-corrected chi connectivity index (χ1v) is 15.6. The van der Waals surface area contributed by atoms with Gasteiger partial charge in [-0.1, -0.05) is 36.4 Å². The van der Waals surface area contributed by atoms with Gasteiger partial charge in [0.05, 0.1) is 17.2 Å². The van der Waals surface area contributed by atoms with E-state index in [1.165, 1.54) is 31.2 Å². The number of benzene rings is 2. The fraction of sp³-hybridized carbons (Fsp3) is 0.471. The number of aliphatic hydroxyl groups excluding tert-OH is 1. The van der Waals surface area contributed by atoms with Crippen LogP contribution in [0, 0.1) is 0 Å². The van der Waals surface area contributed by atoms with Gasteiger partial charge in [-0.3, -0.25) is 19.2 Å². The van der Waals surface area contributed by atoms with E-state index in [-0.39, 0.29) is 11.1 Å². The Balaban J connectivity index is 1.76. The maximum Gasteiger partial charge on any atom is 0.338 e. The molecule has 0 bridgehead atoms. The van der Waals surface area contributed by atoms with Crippen LogP contribution in [-0.2, 0) is 61.8 Å². The number of aliphatic hydroxyl groups is 1. The van der Waals surface area contributed by atoms with E-state index >= 15 is 0 Å². The summed E-state index contributed by atoms with van der Waals surface area (Å²) in [6, 6.07) is 15.6. The quantitative estimate of drug-likeness (QED) is 0.261. The zero-order valence-corrected chi connectivity index (χ0v) is 27.8. The van der Waals surface area contributed by atoms with Crippen LogP contribution < -0.4 is 0 Å². The number of hydrogen-bond acceptors (Lipinski definition) is 16. The molecule has 0 radical (unpaired) electrons. The Kier molecular flexibility index (Phi) is 13.0. The second-order valence-electron chi connectivity index (χ2n) is 11.4. The van der Waals surface area contributed by atoms with Crippen LogP contribution in [0.25, 0.3) is 0 Å². The summed E-state index contributed by atoms with van der Waals surface area (Å²) in [7, 11) is 0. The fourth-order valence-corrected chi connectivity index (χ4v) is 5.42. The molecule has 1 N–H and O–H groups in total. The molecule has 2 aliphatic rings. The van der Waals surface area contributed by atoms with Gasteiger partial charge in [0.15, 0.2) is 43.1 Å². The number of esters is 6. The lowest BCUT2D eigenvalue weighted by atomic mass is 9.96. The van der Waals surface area contributed by atoms with E-state index in [0.717, 1.165) is 27.7 Å². The van der Waals surface area contributed by atoms with Crippen molar-refractivity contribution >= 4 is 35.8 Å². The zero-order chi connectivity index (χ0) is 36.5. The Morgan fingerprint density at radius 3 is 1.54 bits per heavy atom. The molecular weight excluding hydrogens is 664 g/mol. The Bertz CT molecular complexity index is 1510. The topological polar surface area (TPSA) is 206 Å². The van der Waals surface area contributed by atoms with Crippen molar-refractivity contribution in [2.24, 2.45) is 0 Å². The molecule has 0 saturated carbocycles. The van der Waals surface area contributed by atoms with E-state index in [1.54, 1.807) is 36.4 Å². The molecule has 0 amide bonds. The maximum absolute atomic E-state index is 13.4. The van der Waals surface area contributed by atoms with Crippen molar-refractivity contribution in [3.63, 3.8) is 0 Å². The Morgan fingerprint density at radius 2 is 1.04 bits per heavy atom. The molecule has 2 saturated heterocycles. The maximum atomic E-state index is 13.4.